The Balaban J connectivity index is 1.76. The first-order valence-corrected chi connectivity index (χ1v) is 10.8. The van der Waals surface area contributed by atoms with Gasteiger partial charge in [0.15, 0.2) is 27.9 Å². The van der Waals surface area contributed by atoms with Crippen LogP contribution in [0.4, 0.5) is 5.69 Å². The van der Waals surface area contributed by atoms with E-state index in [-0.39, 0.29) is 17.4 Å². The highest BCUT2D eigenvalue weighted by molar-refractivity contribution is 7.90. The molecule has 0 atom stereocenters. The van der Waals surface area contributed by atoms with Gasteiger partial charge in [0.05, 0.1) is 11.5 Å². The molecule has 0 fully saturated rings. The summed E-state index contributed by atoms with van der Waals surface area (Å²) in [7, 11) is -3.27. The van der Waals surface area contributed by atoms with E-state index in [1.165, 1.54) is 6.26 Å². The van der Waals surface area contributed by atoms with Crippen molar-refractivity contribution in [1.82, 2.24) is 0 Å². The van der Waals surface area contributed by atoms with Crippen molar-refractivity contribution in [2.75, 3.05) is 30.9 Å². The molecule has 1 heterocycles. The molecule has 1 amide bonds. The predicted octanol–water partition coefficient (Wildman–Crippen LogP) is 2.85. The maximum atomic E-state index is 12.7. The monoisotopic (exact) mass is 389 g/mol. The Bertz CT molecular complexity index is 939. The Hall–Kier alpha value is -2.54. The maximum Gasteiger partial charge on any atom is 0.264 e. The summed E-state index contributed by atoms with van der Waals surface area (Å²) in [5, 5.41) is 0. The van der Waals surface area contributed by atoms with E-state index in [1.807, 2.05) is 19.1 Å². The van der Waals surface area contributed by atoms with Gasteiger partial charge in [-0.05, 0) is 55.7 Å². The molecular formula is C20H23NO5S. The number of carbonyl (C=O) groups is 1. The third-order valence-electron chi connectivity index (χ3n) is 4.40. The number of fused-ring (bicyclic) bond motifs is 1. The molecule has 0 aromatic heterocycles. The Morgan fingerprint density at radius 3 is 2.48 bits per heavy atom. The molecule has 6 nitrogen and oxygen atoms in total. The SMILES string of the molecule is CCOc1ccccc1OCC(=O)N1CCCc2cc(S(C)(=O)=O)ccc21. The summed E-state index contributed by atoms with van der Waals surface area (Å²) < 4.78 is 34.7. The number of hydrogen-bond acceptors (Lipinski definition) is 5. The smallest absolute Gasteiger partial charge is 0.264 e. The van der Waals surface area contributed by atoms with Crippen LogP contribution in [-0.2, 0) is 21.1 Å². The summed E-state index contributed by atoms with van der Waals surface area (Å²) in [6.07, 6.45) is 2.71. The largest absolute Gasteiger partial charge is 0.490 e. The summed E-state index contributed by atoms with van der Waals surface area (Å²) >= 11 is 0. The van der Waals surface area contributed by atoms with Crippen molar-refractivity contribution in [3.63, 3.8) is 0 Å². The lowest BCUT2D eigenvalue weighted by molar-refractivity contribution is -0.120. The normalized spacial score (nSPS) is 13.8. The fraction of sp³-hybridized carbons (Fsp3) is 0.350. The number of nitrogens with zero attached hydrogens (tertiary/aromatic N) is 1. The number of carbonyl (C=O) groups excluding carboxylic acids is 1. The highest BCUT2D eigenvalue weighted by Gasteiger charge is 2.24. The van der Waals surface area contributed by atoms with Gasteiger partial charge in [0.25, 0.3) is 5.91 Å². The van der Waals surface area contributed by atoms with Crippen LogP contribution in [0.3, 0.4) is 0 Å². The van der Waals surface area contributed by atoms with Crippen LogP contribution in [0.15, 0.2) is 47.4 Å². The number of aryl methyl sites for hydroxylation is 1. The molecule has 0 saturated carbocycles. The second-order valence-corrected chi connectivity index (χ2v) is 8.40. The van der Waals surface area contributed by atoms with Gasteiger partial charge in [-0.1, -0.05) is 12.1 Å². The third-order valence-corrected chi connectivity index (χ3v) is 5.51. The minimum absolute atomic E-state index is 0.114. The molecule has 7 heteroatoms. The van der Waals surface area contributed by atoms with Crippen LogP contribution in [0.5, 0.6) is 11.5 Å². The van der Waals surface area contributed by atoms with Crippen LogP contribution in [0.25, 0.3) is 0 Å². The number of amides is 1. The number of hydrogen-bond donors (Lipinski definition) is 0. The topological polar surface area (TPSA) is 72.9 Å². The van der Waals surface area contributed by atoms with Crippen LogP contribution in [-0.4, -0.2) is 40.3 Å². The molecule has 0 bridgehead atoms. The lowest BCUT2D eigenvalue weighted by atomic mass is 10.0. The second-order valence-electron chi connectivity index (χ2n) is 6.38. The first kappa shape index (κ1) is 19.2. The number of benzene rings is 2. The van der Waals surface area contributed by atoms with Gasteiger partial charge in [-0.2, -0.15) is 0 Å². The zero-order chi connectivity index (χ0) is 19.4. The molecule has 0 unspecified atom stereocenters. The van der Waals surface area contributed by atoms with Crippen LogP contribution in [0.2, 0.25) is 0 Å². The summed E-state index contributed by atoms with van der Waals surface area (Å²) in [4.78, 5) is 14.7. The van der Waals surface area contributed by atoms with E-state index in [0.29, 0.717) is 24.7 Å². The summed E-state index contributed by atoms with van der Waals surface area (Å²) in [5.41, 5.74) is 1.62. The molecule has 27 heavy (non-hydrogen) atoms. The van der Waals surface area contributed by atoms with E-state index < -0.39 is 9.84 Å². The first-order chi connectivity index (χ1) is 12.9. The molecule has 2 aromatic carbocycles. The van der Waals surface area contributed by atoms with Crippen molar-refractivity contribution in [3.05, 3.63) is 48.0 Å². The van der Waals surface area contributed by atoms with E-state index in [4.69, 9.17) is 9.47 Å². The Kier molecular flexibility index (Phi) is 5.70. The van der Waals surface area contributed by atoms with Crippen molar-refractivity contribution in [2.45, 2.75) is 24.7 Å². The molecule has 1 aliphatic rings. The zero-order valence-electron chi connectivity index (χ0n) is 15.5. The summed E-state index contributed by atoms with van der Waals surface area (Å²) in [6.45, 7) is 2.87. The van der Waals surface area contributed by atoms with Crippen molar-refractivity contribution in [2.24, 2.45) is 0 Å². The maximum absolute atomic E-state index is 12.7. The van der Waals surface area contributed by atoms with E-state index in [9.17, 15) is 13.2 Å². The van der Waals surface area contributed by atoms with Gasteiger partial charge >= 0.3 is 0 Å². The molecule has 0 radical (unpaired) electrons. The molecular weight excluding hydrogens is 366 g/mol. The lowest BCUT2D eigenvalue weighted by Crippen LogP contribution is -2.38. The fourth-order valence-corrected chi connectivity index (χ4v) is 3.80. The molecule has 3 rings (SSSR count). The predicted molar refractivity (Wildman–Crippen MR) is 103 cm³/mol. The Morgan fingerprint density at radius 2 is 1.81 bits per heavy atom. The number of sulfone groups is 1. The third kappa shape index (κ3) is 4.42. The first-order valence-electron chi connectivity index (χ1n) is 8.88. The van der Waals surface area contributed by atoms with Gasteiger partial charge in [0.2, 0.25) is 0 Å². The number of ether oxygens (including phenoxy) is 2. The summed E-state index contributed by atoms with van der Waals surface area (Å²) in [6, 6.07) is 12.1. The van der Waals surface area contributed by atoms with Gasteiger partial charge in [-0.15, -0.1) is 0 Å². The van der Waals surface area contributed by atoms with Crippen LogP contribution in [0, 0.1) is 0 Å². The zero-order valence-corrected chi connectivity index (χ0v) is 16.3. The average molecular weight is 389 g/mol. The minimum atomic E-state index is -3.27. The van der Waals surface area contributed by atoms with Gasteiger partial charge in [0.1, 0.15) is 0 Å². The van der Waals surface area contributed by atoms with E-state index in [0.717, 1.165) is 24.1 Å². The molecule has 0 aliphatic carbocycles. The molecule has 0 N–H and O–H groups in total. The fourth-order valence-electron chi connectivity index (χ4n) is 3.12. The number of para-hydroxylation sites is 2. The van der Waals surface area contributed by atoms with Crippen molar-refractivity contribution in [1.29, 1.82) is 0 Å². The van der Waals surface area contributed by atoms with Crippen LogP contribution >= 0.6 is 0 Å². The highest BCUT2D eigenvalue weighted by Crippen LogP contribution is 2.30. The van der Waals surface area contributed by atoms with Crippen LogP contribution in [0.1, 0.15) is 18.9 Å². The molecule has 0 spiro atoms. The van der Waals surface area contributed by atoms with Crippen LogP contribution < -0.4 is 14.4 Å². The number of rotatable bonds is 6. The van der Waals surface area contributed by atoms with Crippen molar-refractivity contribution < 1.29 is 22.7 Å². The Morgan fingerprint density at radius 1 is 1.11 bits per heavy atom. The Labute approximate surface area is 159 Å². The highest BCUT2D eigenvalue weighted by atomic mass is 32.2. The lowest BCUT2D eigenvalue weighted by Gasteiger charge is -2.29. The van der Waals surface area contributed by atoms with Crippen molar-refractivity contribution >= 4 is 21.4 Å². The van der Waals surface area contributed by atoms with E-state index in [1.54, 1.807) is 35.2 Å². The standard InChI is InChI=1S/C20H23NO5S/c1-3-25-18-8-4-5-9-19(18)26-14-20(22)21-12-6-7-15-13-16(27(2,23)24)10-11-17(15)21/h4-5,8-11,13H,3,6-7,12,14H2,1-2H3. The second kappa shape index (κ2) is 8.00. The van der Waals surface area contributed by atoms with Gasteiger partial charge < -0.3 is 14.4 Å². The van der Waals surface area contributed by atoms with Gasteiger partial charge in [-0.3, -0.25) is 4.79 Å². The van der Waals surface area contributed by atoms with Gasteiger partial charge in [-0.25, -0.2) is 8.42 Å². The number of anilines is 1. The van der Waals surface area contributed by atoms with E-state index >= 15 is 0 Å². The average Bonchev–Trinajstić information content (AvgIpc) is 2.65. The van der Waals surface area contributed by atoms with Crippen molar-refractivity contribution in [3.8, 4) is 11.5 Å². The molecule has 1 aliphatic heterocycles. The molecule has 0 saturated heterocycles. The van der Waals surface area contributed by atoms with Gasteiger partial charge in [0, 0.05) is 18.5 Å². The quantitative estimate of drug-likeness (QED) is 0.760. The molecule has 144 valence electrons. The van der Waals surface area contributed by atoms with E-state index in [2.05, 4.69) is 0 Å². The minimum Gasteiger partial charge on any atom is -0.490 e. The molecule has 2 aromatic rings. The summed E-state index contributed by atoms with van der Waals surface area (Å²) in [5.74, 6) is 0.955.